The van der Waals surface area contributed by atoms with Gasteiger partial charge in [-0.15, -0.1) is 11.3 Å². The van der Waals surface area contributed by atoms with Crippen molar-refractivity contribution in [2.24, 2.45) is 0 Å². The highest BCUT2D eigenvalue weighted by Crippen LogP contribution is 2.27. The maximum atomic E-state index is 6.07. The molecule has 22 heavy (non-hydrogen) atoms. The summed E-state index contributed by atoms with van der Waals surface area (Å²) in [5.41, 5.74) is 7.70. The number of rotatable bonds is 2. The number of anilines is 1. The van der Waals surface area contributed by atoms with Crippen molar-refractivity contribution in [3.63, 3.8) is 0 Å². The summed E-state index contributed by atoms with van der Waals surface area (Å²) in [6.45, 7) is 0. The van der Waals surface area contributed by atoms with Crippen LogP contribution in [0.25, 0.3) is 27.4 Å². The second-order valence-electron chi connectivity index (χ2n) is 4.68. The zero-order chi connectivity index (χ0) is 15.1. The number of halogens is 1. The highest BCUT2D eigenvalue weighted by atomic mass is 79.9. The van der Waals surface area contributed by atoms with Gasteiger partial charge in [0.05, 0.1) is 22.1 Å². The van der Waals surface area contributed by atoms with E-state index in [9.17, 15) is 0 Å². The summed E-state index contributed by atoms with van der Waals surface area (Å²) in [7, 11) is 0. The van der Waals surface area contributed by atoms with E-state index in [2.05, 4.69) is 31.0 Å². The molecule has 108 valence electrons. The smallest absolute Gasteiger partial charge is 0.173 e. The van der Waals surface area contributed by atoms with Crippen LogP contribution >= 0.6 is 27.3 Å². The van der Waals surface area contributed by atoms with Crippen molar-refractivity contribution < 1.29 is 0 Å². The molecule has 0 saturated carbocycles. The van der Waals surface area contributed by atoms with E-state index < -0.39 is 0 Å². The first-order valence-electron chi connectivity index (χ1n) is 6.53. The van der Waals surface area contributed by atoms with Gasteiger partial charge >= 0.3 is 0 Å². The lowest BCUT2D eigenvalue weighted by molar-refractivity contribution is 0.896. The predicted octanol–water partition coefficient (Wildman–Crippen LogP) is 3.89. The van der Waals surface area contributed by atoms with Crippen LogP contribution in [0.5, 0.6) is 0 Å². The second-order valence-corrected chi connectivity index (χ2v) is 6.54. The Morgan fingerprint density at radius 2 is 1.91 bits per heavy atom. The van der Waals surface area contributed by atoms with Gasteiger partial charge in [-0.3, -0.25) is 0 Å². The maximum absolute atomic E-state index is 6.07. The molecule has 0 spiro atoms. The molecule has 4 rings (SSSR count). The maximum Gasteiger partial charge on any atom is 0.173 e. The number of fused-ring (bicyclic) bond motifs is 1. The first-order valence-corrected chi connectivity index (χ1v) is 8.21. The third kappa shape index (κ3) is 2.18. The molecule has 0 aliphatic carbocycles. The Labute approximate surface area is 138 Å². The van der Waals surface area contributed by atoms with E-state index in [4.69, 9.17) is 5.73 Å². The molecule has 3 aromatic heterocycles. The molecule has 0 unspecified atom stereocenters. The fourth-order valence-electron chi connectivity index (χ4n) is 2.22. The summed E-state index contributed by atoms with van der Waals surface area (Å²) in [4.78, 5) is 10.0. The van der Waals surface area contributed by atoms with E-state index in [1.165, 1.54) is 0 Å². The molecule has 5 nitrogen and oxygen atoms in total. The largest absolute Gasteiger partial charge is 0.383 e. The van der Waals surface area contributed by atoms with E-state index in [0.29, 0.717) is 17.3 Å². The summed E-state index contributed by atoms with van der Waals surface area (Å²) < 4.78 is 2.79. The van der Waals surface area contributed by atoms with Gasteiger partial charge in [0.1, 0.15) is 5.82 Å². The predicted molar refractivity (Wildman–Crippen MR) is 92.1 cm³/mol. The van der Waals surface area contributed by atoms with Gasteiger partial charge in [-0.05, 0) is 35.7 Å². The number of benzene rings is 1. The average molecular weight is 372 g/mol. The Bertz CT molecular complexity index is 944. The molecule has 0 saturated heterocycles. The van der Waals surface area contributed by atoms with Crippen LogP contribution in [-0.2, 0) is 0 Å². The molecule has 0 aliphatic rings. The number of hydrogen-bond donors (Lipinski definition) is 1. The molecule has 0 aliphatic heterocycles. The molecule has 2 N–H and O–H groups in total. The van der Waals surface area contributed by atoms with Crippen LogP contribution in [0.15, 0.2) is 52.4 Å². The van der Waals surface area contributed by atoms with Crippen LogP contribution in [0.2, 0.25) is 0 Å². The number of nitrogens with zero attached hydrogens (tertiary/aromatic N) is 4. The van der Waals surface area contributed by atoms with Crippen LogP contribution in [0, 0.1) is 0 Å². The number of hydrogen-bond acceptors (Lipinski definition) is 5. The van der Waals surface area contributed by atoms with Crippen LogP contribution in [0.4, 0.5) is 5.82 Å². The number of nitrogens with two attached hydrogens (primary N) is 1. The first-order chi connectivity index (χ1) is 10.7. The van der Waals surface area contributed by atoms with Gasteiger partial charge < -0.3 is 5.73 Å². The standard InChI is InChI=1S/C15H10BrN5S/c16-9-3-5-10(6-4-9)21-15-11(8-18-21)13(17)19-14(20-15)12-2-1-7-22-12/h1-8H,(H2,17,19,20). The van der Waals surface area contributed by atoms with Crippen molar-refractivity contribution in [1.29, 1.82) is 0 Å². The van der Waals surface area contributed by atoms with Crippen LogP contribution in [0.3, 0.4) is 0 Å². The summed E-state index contributed by atoms with van der Waals surface area (Å²) in [6, 6.07) is 11.8. The summed E-state index contributed by atoms with van der Waals surface area (Å²) in [5, 5.41) is 7.14. The van der Waals surface area contributed by atoms with E-state index in [-0.39, 0.29) is 0 Å². The Morgan fingerprint density at radius 3 is 2.64 bits per heavy atom. The molecule has 1 aromatic carbocycles. The zero-order valence-corrected chi connectivity index (χ0v) is 13.7. The summed E-state index contributed by atoms with van der Waals surface area (Å²) >= 11 is 5.02. The van der Waals surface area contributed by atoms with Gasteiger partial charge in [0.25, 0.3) is 0 Å². The molecular weight excluding hydrogens is 362 g/mol. The molecule has 0 amide bonds. The van der Waals surface area contributed by atoms with Gasteiger partial charge in [-0.1, -0.05) is 22.0 Å². The fraction of sp³-hybridized carbons (Fsp3) is 0. The van der Waals surface area contributed by atoms with Gasteiger partial charge in [0, 0.05) is 4.47 Å². The summed E-state index contributed by atoms with van der Waals surface area (Å²) in [5.74, 6) is 1.07. The lowest BCUT2D eigenvalue weighted by Crippen LogP contribution is -2.01. The molecule has 3 heterocycles. The minimum Gasteiger partial charge on any atom is -0.383 e. The van der Waals surface area contributed by atoms with Crippen LogP contribution in [0.1, 0.15) is 0 Å². The molecule has 4 aromatic rings. The minimum atomic E-state index is 0.441. The normalized spacial score (nSPS) is 11.1. The molecule has 0 fully saturated rings. The quantitative estimate of drug-likeness (QED) is 0.580. The second kappa shape index (κ2) is 5.19. The SMILES string of the molecule is Nc1nc(-c2cccs2)nc2c1cnn2-c1ccc(Br)cc1. The molecule has 0 bridgehead atoms. The van der Waals surface area contributed by atoms with Gasteiger partial charge in [-0.25, -0.2) is 14.6 Å². The van der Waals surface area contributed by atoms with Crippen molar-refractivity contribution >= 4 is 44.1 Å². The van der Waals surface area contributed by atoms with Crippen molar-refractivity contribution in [1.82, 2.24) is 19.7 Å². The minimum absolute atomic E-state index is 0.441. The molecule has 7 heteroatoms. The Balaban J connectivity index is 1.95. The van der Waals surface area contributed by atoms with Crippen molar-refractivity contribution in [2.75, 3.05) is 5.73 Å². The highest BCUT2D eigenvalue weighted by Gasteiger charge is 2.13. The highest BCUT2D eigenvalue weighted by molar-refractivity contribution is 9.10. The van der Waals surface area contributed by atoms with Gasteiger partial charge in [0.2, 0.25) is 0 Å². The molecule has 0 radical (unpaired) electrons. The monoisotopic (exact) mass is 371 g/mol. The topological polar surface area (TPSA) is 69.6 Å². The zero-order valence-electron chi connectivity index (χ0n) is 11.3. The van der Waals surface area contributed by atoms with Crippen molar-refractivity contribution in [3.8, 4) is 16.4 Å². The van der Waals surface area contributed by atoms with Gasteiger partial charge in [-0.2, -0.15) is 5.10 Å². The van der Waals surface area contributed by atoms with Crippen molar-refractivity contribution in [2.45, 2.75) is 0 Å². The molecular formula is C15H10BrN5S. The van der Waals surface area contributed by atoms with E-state index in [1.807, 2.05) is 41.8 Å². The number of thiophene rings is 1. The Morgan fingerprint density at radius 1 is 1.09 bits per heavy atom. The number of aromatic nitrogens is 4. The summed E-state index contributed by atoms with van der Waals surface area (Å²) in [6.07, 6.45) is 1.70. The van der Waals surface area contributed by atoms with E-state index in [0.717, 1.165) is 20.4 Å². The Kier molecular flexibility index (Phi) is 3.16. The van der Waals surface area contributed by atoms with Crippen molar-refractivity contribution in [3.05, 3.63) is 52.4 Å². The third-order valence-electron chi connectivity index (χ3n) is 3.27. The lowest BCUT2D eigenvalue weighted by Gasteiger charge is -2.05. The van der Waals surface area contributed by atoms with E-state index >= 15 is 0 Å². The van der Waals surface area contributed by atoms with Crippen LogP contribution < -0.4 is 5.73 Å². The van der Waals surface area contributed by atoms with Gasteiger partial charge in [0.15, 0.2) is 11.5 Å². The lowest BCUT2D eigenvalue weighted by atomic mass is 10.3. The average Bonchev–Trinajstić information content (AvgIpc) is 3.17. The third-order valence-corrected chi connectivity index (χ3v) is 4.67. The molecule has 0 atom stereocenters. The number of nitrogen functional groups attached to an aromatic ring is 1. The van der Waals surface area contributed by atoms with E-state index in [1.54, 1.807) is 22.2 Å². The fourth-order valence-corrected chi connectivity index (χ4v) is 3.14. The Hall–Kier alpha value is -2.25. The first kappa shape index (κ1) is 13.4. The van der Waals surface area contributed by atoms with Crippen LogP contribution in [-0.4, -0.2) is 19.7 Å².